The van der Waals surface area contributed by atoms with E-state index in [1.165, 1.54) is 22.1 Å². The number of nitriles is 1. The van der Waals surface area contributed by atoms with E-state index in [-0.39, 0.29) is 34.8 Å². The van der Waals surface area contributed by atoms with Crippen molar-refractivity contribution in [2.75, 3.05) is 18.7 Å². The van der Waals surface area contributed by atoms with Crippen LogP contribution in [0, 0.1) is 11.3 Å². The molecule has 13 heteroatoms. The normalized spacial score (nSPS) is 18.7. The van der Waals surface area contributed by atoms with Crippen LogP contribution in [0.15, 0.2) is 104 Å². The fourth-order valence-corrected chi connectivity index (χ4v) is 5.30. The van der Waals surface area contributed by atoms with Gasteiger partial charge >= 0.3 is 17.9 Å². The molecule has 1 saturated heterocycles. The number of hydrogen-bond acceptors (Lipinski definition) is 12. The lowest BCUT2D eigenvalue weighted by Gasteiger charge is -2.25. The maximum absolute atomic E-state index is 13.5. The van der Waals surface area contributed by atoms with E-state index >= 15 is 0 Å². The number of nitrogens with zero attached hydrogens (tertiary/aromatic N) is 5. The minimum absolute atomic E-state index is 0.168. The second kappa shape index (κ2) is 13.5. The van der Waals surface area contributed by atoms with E-state index in [4.69, 9.17) is 24.8 Å². The number of hydrogen-bond donors (Lipinski definition) is 1. The molecule has 1 fully saturated rings. The van der Waals surface area contributed by atoms with Crippen LogP contribution in [0.5, 0.6) is 0 Å². The summed E-state index contributed by atoms with van der Waals surface area (Å²) in [5, 5.41) is 11.6. The second-order valence-corrected chi connectivity index (χ2v) is 10.6. The Labute approximate surface area is 268 Å². The molecule has 0 aliphatic carbocycles. The minimum atomic E-state index is -1.30. The van der Waals surface area contributed by atoms with Crippen molar-refractivity contribution in [2.24, 2.45) is 5.84 Å². The highest BCUT2D eigenvalue weighted by Gasteiger charge is 2.52. The Morgan fingerprint density at radius 3 is 1.91 bits per heavy atom. The van der Waals surface area contributed by atoms with Gasteiger partial charge in [-0.25, -0.2) is 30.2 Å². The van der Waals surface area contributed by atoms with Crippen LogP contribution in [0.3, 0.4) is 0 Å². The van der Waals surface area contributed by atoms with Gasteiger partial charge in [-0.05, 0) is 36.4 Å². The van der Waals surface area contributed by atoms with Crippen LogP contribution < -0.4 is 10.9 Å². The third kappa shape index (κ3) is 6.36. The van der Waals surface area contributed by atoms with Gasteiger partial charge in [0.2, 0.25) is 0 Å². The van der Waals surface area contributed by atoms with Gasteiger partial charge in [0, 0.05) is 13.2 Å². The maximum atomic E-state index is 13.5. The molecule has 1 unspecified atom stereocenters. The standard InChI is InChI=1S/C34H28N6O7/c1-39(36)29-26-24(17-35)18-40(30(26)38-20-37-29)31-28(47-34(43)23-15-9-4-10-16-23)27(46-33(42)22-13-7-3-8-14-22)25(45-31)19-44-32(41)21-11-5-2-6-12-21/h2-16,18,20,25,27-28,31H,19,36H2,1H3/t25-,27?,28+,31-/m1/s1. The first kappa shape index (κ1) is 30.9. The van der Waals surface area contributed by atoms with Gasteiger partial charge in [0.1, 0.15) is 30.8 Å². The summed E-state index contributed by atoms with van der Waals surface area (Å²) in [6.07, 6.45) is -2.15. The molecule has 13 nitrogen and oxygen atoms in total. The molecule has 47 heavy (non-hydrogen) atoms. The van der Waals surface area contributed by atoms with Crippen molar-refractivity contribution in [1.82, 2.24) is 14.5 Å². The van der Waals surface area contributed by atoms with Crippen LogP contribution in [-0.2, 0) is 18.9 Å². The van der Waals surface area contributed by atoms with Crippen molar-refractivity contribution >= 4 is 34.8 Å². The van der Waals surface area contributed by atoms with Crippen molar-refractivity contribution in [3.8, 4) is 6.07 Å². The van der Waals surface area contributed by atoms with Gasteiger partial charge in [0.15, 0.2) is 24.3 Å². The maximum Gasteiger partial charge on any atom is 0.338 e. The number of fused-ring (bicyclic) bond motifs is 1. The summed E-state index contributed by atoms with van der Waals surface area (Å²) in [6.45, 7) is -0.369. The van der Waals surface area contributed by atoms with Crippen LogP contribution in [0.25, 0.3) is 11.0 Å². The molecular formula is C34H28N6O7. The van der Waals surface area contributed by atoms with E-state index in [9.17, 15) is 19.6 Å². The van der Waals surface area contributed by atoms with Gasteiger partial charge in [0.05, 0.1) is 27.6 Å². The lowest BCUT2D eigenvalue weighted by Crippen LogP contribution is -2.41. The van der Waals surface area contributed by atoms with Gasteiger partial charge in [0.25, 0.3) is 0 Å². The van der Waals surface area contributed by atoms with Gasteiger partial charge in [-0.2, -0.15) is 5.26 Å². The van der Waals surface area contributed by atoms with Crippen LogP contribution in [0.4, 0.5) is 5.82 Å². The molecule has 0 amide bonds. The highest BCUT2D eigenvalue weighted by atomic mass is 16.7. The average molecular weight is 633 g/mol. The van der Waals surface area contributed by atoms with Crippen molar-refractivity contribution in [3.05, 3.63) is 126 Å². The Morgan fingerprint density at radius 2 is 1.38 bits per heavy atom. The predicted molar refractivity (Wildman–Crippen MR) is 167 cm³/mol. The number of hydrazine groups is 1. The number of ether oxygens (including phenoxy) is 4. The Morgan fingerprint density at radius 1 is 0.851 bits per heavy atom. The zero-order valence-electron chi connectivity index (χ0n) is 25.0. The van der Waals surface area contributed by atoms with Gasteiger partial charge in [-0.1, -0.05) is 54.6 Å². The summed E-state index contributed by atoms with van der Waals surface area (Å²) >= 11 is 0. The average Bonchev–Trinajstić information content (AvgIpc) is 3.65. The second-order valence-electron chi connectivity index (χ2n) is 10.6. The molecule has 1 aliphatic rings. The molecule has 0 spiro atoms. The fourth-order valence-electron chi connectivity index (χ4n) is 5.30. The van der Waals surface area contributed by atoms with E-state index in [1.54, 1.807) is 98.0 Å². The molecule has 236 valence electrons. The van der Waals surface area contributed by atoms with E-state index in [1.807, 2.05) is 0 Å². The Balaban J connectivity index is 1.43. The fraction of sp³-hybridized carbons (Fsp3) is 0.176. The molecule has 4 atom stereocenters. The zero-order valence-corrected chi connectivity index (χ0v) is 25.0. The van der Waals surface area contributed by atoms with Gasteiger partial charge < -0.3 is 23.5 Å². The molecule has 0 bridgehead atoms. The Hall–Kier alpha value is -6.10. The van der Waals surface area contributed by atoms with Crippen molar-refractivity contribution < 1.29 is 33.3 Å². The molecule has 3 aromatic carbocycles. The third-order valence-corrected chi connectivity index (χ3v) is 7.50. The van der Waals surface area contributed by atoms with E-state index in [2.05, 4.69) is 16.0 Å². The number of aromatic nitrogens is 3. The summed E-state index contributed by atoms with van der Waals surface area (Å²) in [5.41, 5.74) is 1.19. The Kier molecular flexibility index (Phi) is 8.87. The smallest absolute Gasteiger partial charge is 0.338 e. The summed E-state index contributed by atoms with van der Waals surface area (Å²) in [5.74, 6) is 4.20. The van der Waals surface area contributed by atoms with Crippen LogP contribution in [-0.4, -0.2) is 64.4 Å². The number of carbonyl (C=O) groups is 3. The lowest BCUT2D eigenvalue weighted by molar-refractivity contribution is -0.0604. The minimum Gasteiger partial charge on any atom is -0.459 e. The van der Waals surface area contributed by atoms with Crippen molar-refractivity contribution in [2.45, 2.75) is 24.5 Å². The first-order valence-corrected chi connectivity index (χ1v) is 14.5. The first-order valence-electron chi connectivity index (χ1n) is 14.5. The zero-order chi connectivity index (χ0) is 32.9. The van der Waals surface area contributed by atoms with E-state index < -0.39 is 42.4 Å². The summed E-state index contributed by atoms with van der Waals surface area (Å²) in [6, 6.07) is 27.0. The summed E-state index contributed by atoms with van der Waals surface area (Å²) in [4.78, 5) is 48.4. The third-order valence-electron chi connectivity index (χ3n) is 7.50. The number of anilines is 1. The Bertz CT molecular complexity index is 1940. The highest BCUT2D eigenvalue weighted by Crippen LogP contribution is 2.39. The van der Waals surface area contributed by atoms with Crippen LogP contribution in [0.1, 0.15) is 42.9 Å². The monoisotopic (exact) mass is 632 g/mol. The molecule has 0 radical (unpaired) electrons. The quantitative estimate of drug-likeness (QED) is 0.108. The molecule has 5 aromatic rings. The molecular weight excluding hydrogens is 604 g/mol. The number of carbonyl (C=O) groups excluding carboxylic acids is 3. The van der Waals surface area contributed by atoms with Crippen LogP contribution in [0.2, 0.25) is 0 Å². The topological polar surface area (TPSA) is 172 Å². The SMILES string of the molecule is CN(N)c1ncnc2c1c(C#N)cn2[C@@H]1O[C@H](COC(=O)c2ccccc2)C(OC(=O)c2ccccc2)[C@@H]1OC(=O)c1ccccc1. The van der Waals surface area contributed by atoms with E-state index in [0.717, 1.165) is 0 Å². The largest absolute Gasteiger partial charge is 0.459 e. The van der Waals surface area contributed by atoms with E-state index in [0.29, 0.717) is 10.9 Å². The van der Waals surface area contributed by atoms with Crippen LogP contribution >= 0.6 is 0 Å². The molecule has 0 saturated carbocycles. The van der Waals surface area contributed by atoms with Crippen molar-refractivity contribution in [1.29, 1.82) is 5.26 Å². The summed E-state index contributed by atoms with van der Waals surface area (Å²) < 4.78 is 25.5. The molecule has 1 aliphatic heterocycles. The number of esters is 3. The molecule has 2 N–H and O–H groups in total. The predicted octanol–water partition coefficient (Wildman–Crippen LogP) is 3.82. The highest BCUT2D eigenvalue weighted by molar-refractivity contribution is 5.93. The van der Waals surface area contributed by atoms with Gasteiger partial charge in [-0.15, -0.1) is 0 Å². The number of nitrogens with two attached hydrogens (primary N) is 1. The number of rotatable bonds is 9. The lowest BCUT2D eigenvalue weighted by atomic mass is 10.1. The molecule has 3 heterocycles. The number of benzene rings is 3. The summed E-state index contributed by atoms with van der Waals surface area (Å²) in [7, 11) is 1.56. The molecule has 6 rings (SSSR count). The van der Waals surface area contributed by atoms with Crippen molar-refractivity contribution in [3.63, 3.8) is 0 Å². The van der Waals surface area contributed by atoms with Gasteiger partial charge in [-0.3, -0.25) is 5.01 Å². The molecule has 2 aromatic heterocycles. The first-order chi connectivity index (χ1) is 22.9.